The Morgan fingerprint density at radius 1 is 1.55 bits per heavy atom. The zero-order chi connectivity index (χ0) is 14.7. The number of carbonyl (C=O) groups excluding carboxylic acids is 1. The first-order valence-corrected chi connectivity index (χ1v) is 6.85. The lowest BCUT2D eigenvalue weighted by atomic mass is 10.1. The van der Waals surface area contributed by atoms with Gasteiger partial charge >= 0.3 is 5.97 Å². The van der Waals surface area contributed by atoms with Gasteiger partial charge in [-0.25, -0.2) is 4.79 Å². The number of piperazine rings is 1. The van der Waals surface area contributed by atoms with Gasteiger partial charge in [0.15, 0.2) is 0 Å². The van der Waals surface area contributed by atoms with E-state index in [0.717, 1.165) is 25.4 Å². The summed E-state index contributed by atoms with van der Waals surface area (Å²) in [7, 11) is 3.48. The smallest absolute Gasteiger partial charge is 0.341 e. The molecule has 1 aliphatic heterocycles. The molecule has 1 fully saturated rings. The first-order chi connectivity index (χ1) is 9.55. The number of hydrogen-bond donors (Lipinski definition) is 1. The number of furan rings is 1. The summed E-state index contributed by atoms with van der Waals surface area (Å²) >= 11 is 0. The van der Waals surface area contributed by atoms with Crippen molar-refractivity contribution in [2.24, 2.45) is 5.73 Å². The molecule has 20 heavy (non-hydrogen) atoms. The monoisotopic (exact) mass is 281 g/mol. The van der Waals surface area contributed by atoms with Crippen LogP contribution in [0.25, 0.3) is 0 Å². The Morgan fingerprint density at radius 2 is 2.30 bits per heavy atom. The molecule has 112 valence electrons. The predicted octanol–water partition coefficient (Wildman–Crippen LogP) is 0.449. The van der Waals surface area contributed by atoms with Crippen LogP contribution in [0, 0.1) is 6.92 Å². The normalized spacial score (nSPS) is 21.1. The van der Waals surface area contributed by atoms with Crippen molar-refractivity contribution in [1.29, 1.82) is 0 Å². The van der Waals surface area contributed by atoms with Gasteiger partial charge in [-0.3, -0.25) is 4.90 Å². The van der Waals surface area contributed by atoms with Crippen LogP contribution in [0.5, 0.6) is 0 Å². The molecule has 0 bridgehead atoms. The molecule has 1 aromatic heterocycles. The van der Waals surface area contributed by atoms with E-state index in [-0.39, 0.29) is 5.97 Å². The van der Waals surface area contributed by atoms with Crippen molar-refractivity contribution in [2.75, 3.05) is 40.3 Å². The Bertz CT molecular complexity index is 472. The molecule has 0 radical (unpaired) electrons. The highest BCUT2D eigenvalue weighted by Gasteiger charge is 2.25. The summed E-state index contributed by atoms with van der Waals surface area (Å²) in [5.41, 5.74) is 6.34. The standard InChI is InChI=1S/C14H23N3O3/c1-10-13(14(18)19-3)6-12(20-10)9-17-5-4-16(2)8-11(17)7-15/h6,11H,4-5,7-9,15H2,1-3H3. The average molecular weight is 281 g/mol. The fourth-order valence-corrected chi connectivity index (χ4v) is 2.61. The van der Waals surface area contributed by atoms with E-state index in [1.165, 1.54) is 7.11 Å². The Kier molecular flexibility index (Phi) is 4.80. The van der Waals surface area contributed by atoms with Crippen LogP contribution in [0.4, 0.5) is 0 Å². The minimum atomic E-state index is -0.355. The molecule has 0 amide bonds. The van der Waals surface area contributed by atoms with Gasteiger partial charge < -0.3 is 19.8 Å². The fraction of sp³-hybridized carbons (Fsp3) is 0.643. The number of methoxy groups -OCH3 is 1. The first-order valence-electron chi connectivity index (χ1n) is 6.85. The first kappa shape index (κ1) is 15.0. The van der Waals surface area contributed by atoms with Crippen LogP contribution >= 0.6 is 0 Å². The van der Waals surface area contributed by atoms with Gasteiger partial charge in [0.05, 0.1) is 13.7 Å². The molecule has 1 unspecified atom stereocenters. The summed E-state index contributed by atoms with van der Waals surface area (Å²) in [6.45, 7) is 5.99. The molecule has 0 spiro atoms. The number of nitrogens with two attached hydrogens (primary N) is 1. The largest absolute Gasteiger partial charge is 0.465 e. The van der Waals surface area contributed by atoms with Crippen LogP contribution < -0.4 is 5.73 Å². The quantitative estimate of drug-likeness (QED) is 0.808. The van der Waals surface area contributed by atoms with Gasteiger partial charge in [0, 0.05) is 32.2 Å². The van der Waals surface area contributed by atoms with Crippen molar-refractivity contribution in [2.45, 2.75) is 19.5 Å². The maximum absolute atomic E-state index is 11.6. The van der Waals surface area contributed by atoms with Gasteiger partial charge in [0.25, 0.3) is 0 Å². The minimum Gasteiger partial charge on any atom is -0.465 e. The third-order valence-electron chi connectivity index (χ3n) is 3.81. The van der Waals surface area contributed by atoms with E-state index in [1.807, 2.05) is 0 Å². The van der Waals surface area contributed by atoms with E-state index in [4.69, 9.17) is 14.9 Å². The third-order valence-corrected chi connectivity index (χ3v) is 3.81. The van der Waals surface area contributed by atoms with Gasteiger partial charge in [0.1, 0.15) is 17.1 Å². The van der Waals surface area contributed by atoms with Crippen LogP contribution in [-0.2, 0) is 11.3 Å². The maximum Gasteiger partial charge on any atom is 0.341 e. The van der Waals surface area contributed by atoms with Crippen LogP contribution in [0.1, 0.15) is 21.9 Å². The van der Waals surface area contributed by atoms with Crippen molar-refractivity contribution in [3.63, 3.8) is 0 Å². The van der Waals surface area contributed by atoms with E-state index in [0.29, 0.717) is 30.5 Å². The SMILES string of the molecule is COC(=O)c1cc(CN2CCN(C)CC2CN)oc1C. The molecule has 0 saturated carbocycles. The van der Waals surface area contributed by atoms with E-state index < -0.39 is 0 Å². The van der Waals surface area contributed by atoms with E-state index in [9.17, 15) is 4.79 Å². The molecule has 0 aromatic carbocycles. The molecule has 1 saturated heterocycles. The molecule has 2 N–H and O–H groups in total. The van der Waals surface area contributed by atoms with Gasteiger partial charge in [-0.15, -0.1) is 0 Å². The van der Waals surface area contributed by atoms with Gasteiger partial charge in [0.2, 0.25) is 0 Å². The fourth-order valence-electron chi connectivity index (χ4n) is 2.61. The Labute approximate surface area is 119 Å². The number of aryl methyl sites for hydroxylation is 1. The van der Waals surface area contributed by atoms with Crippen molar-refractivity contribution in [1.82, 2.24) is 9.80 Å². The second kappa shape index (κ2) is 6.39. The predicted molar refractivity (Wildman–Crippen MR) is 75.5 cm³/mol. The number of likely N-dealkylation sites (N-methyl/N-ethyl adjacent to an activating group) is 1. The molecule has 2 heterocycles. The van der Waals surface area contributed by atoms with Gasteiger partial charge in [-0.05, 0) is 20.0 Å². The topological polar surface area (TPSA) is 71.9 Å². The van der Waals surface area contributed by atoms with E-state index in [2.05, 4.69) is 16.8 Å². The number of hydrogen-bond acceptors (Lipinski definition) is 6. The molecule has 6 heteroatoms. The lowest BCUT2D eigenvalue weighted by Gasteiger charge is -2.39. The van der Waals surface area contributed by atoms with Crippen molar-refractivity contribution < 1.29 is 13.9 Å². The summed E-state index contributed by atoms with van der Waals surface area (Å²) in [6, 6.07) is 2.09. The molecule has 1 atom stereocenters. The Morgan fingerprint density at radius 3 is 2.95 bits per heavy atom. The van der Waals surface area contributed by atoms with Crippen LogP contribution in [0.15, 0.2) is 10.5 Å². The van der Waals surface area contributed by atoms with E-state index >= 15 is 0 Å². The molecule has 2 rings (SSSR count). The second-order valence-corrected chi connectivity index (χ2v) is 5.30. The summed E-state index contributed by atoms with van der Waals surface area (Å²) in [5, 5.41) is 0. The van der Waals surface area contributed by atoms with Crippen LogP contribution in [-0.4, -0.2) is 62.1 Å². The molecule has 1 aromatic rings. The number of nitrogens with zero attached hydrogens (tertiary/aromatic N) is 2. The second-order valence-electron chi connectivity index (χ2n) is 5.30. The van der Waals surface area contributed by atoms with Crippen LogP contribution in [0.2, 0.25) is 0 Å². The average Bonchev–Trinajstić information content (AvgIpc) is 2.80. The molecular formula is C14H23N3O3. The Balaban J connectivity index is 2.07. The number of rotatable bonds is 4. The highest BCUT2D eigenvalue weighted by Crippen LogP contribution is 2.19. The minimum absolute atomic E-state index is 0.320. The lowest BCUT2D eigenvalue weighted by molar-refractivity contribution is 0.0599. The lowest BCUT2D eigenvalue weighted by Crippen LogP contribution is -2.54. The summed E-state index contributed by atoms with van der Waals surface area (Å²) in [4.78, 5) is 16.2. The highest BCUT2D eigenvalue weighted by atomic mass is 16.5. The zero-order valence-corrected chi connectivity index (χ0v) is 12.4. The Hall–Kier alpha value is -1.37. The van der Waals surface area contributed by atoms with Crippen LogP contribution in [0.3, 0.4) is 0 Å². The maximum atomic E-state index is 11.6. The summed E-state index contributed by atoms with van der Waals surface area (Å²) in [6.07, 6.45) is 0. The molecular weight excluding hydrogens is 258 g/mol. The van der Waals surface area contributed by atoms with Crippen molar-refractivity contribution in [3.8, 4) is 0 Å². The third kappa shape index (κ3) is 3.20. The highest BCUT2D eigenvalue weighted by molar-refractivity contribution is 5.90. The number of ether oxygens (including phenoxy) is 1. The van der Waals surface area contributed by atoms with Gasteiger partial charge in [-0.2, -0.15) is 0 Å². The summed E-state index contributed by atoms with van der Waals surface area (Å²) in [5.74, 6) is 1.03. The molecule has 1 aliphatic rings. The van der Waals surface area contributed by atoms with Crippen molar-refractivity contribution in [3.05, 3.63) is 23.2 Å². The molecule has 0 aliphatic carbocycles. The summed E-state index contributed by atoms with van der Waals surface area (Å²) < 4.78 is 10.4. The molecule has 6 nitrogen and oxygen atoms in total. The number of carbonyl (C=O) groups is 1. The van der Waals surface area contributed by atoms with Gasteiger partial charge in [-0.1, -0.05) is 0 Å². The van der Waals surface area contributed by atoms with Crippen molar-refractivity contribution >= 4 is 5.97 Å². The number of esters is 1. The van der Waals surface area contributed by atoms with E-state index in [1.54, 1.807) is 13.0 Å². The zero-order valence-electron chi connectivity index (χ0n) is 12.4.